The molecule has 1 fully saturated rings. The van der Waals surface area contributed by atoms with Gasteiger partial charge in [-0.2, -0.15) is 5.10 Å². The van der Waals surface area contributed by atoms with Gasteiger partial charge >= 0.3 is 0 Å². The molecule has 1 amide bonds. The average molecular weight is 349 g/mol. The topological polar surface area (TPSA) is 60.3 Å². The number of hydrogen-bond donors (Lipinski definition) is 0. The molecule has 3 rings (SSSR count). The van der Waals surface area contributed by atoms with E-state index in [4.69, 9.17) is 16.3 Å². The van der Waals surface area contributed by atoms with Crippen LogP contribution in [0.25, 0.3) is 0 Å². The minimum absolute atomic E-state index is 0.0506. The Morgan fingerprint density at radius 1 is 1.42 bits per heavy atom. The van der Waals surface area contributed by atoms with Gasteiger partial charge in [-0.3, -0.25) is 14.5 Å². The van der Waals surface area contributed by atoms with Gasteiger partial charge in [-0.05, 0) is 31.7 Å². The van der Waals surface area contributed by atoms with Crippen molar-refractivity contribution in [1.29, 1.82) is 0 Å². The summed E-state index contributed by atoms with van der Waals surface area (Å²) in [6.07, 6.45) is 5.09. The standard InChI is InChI=1S/C17H21ClN4O2/c1-12-9-15(21(2)20-12)17(23)22-7-4-13(5-8-22)11-24-16-3-6-19-10-14(16)18/h3,6,9-10,13H,4-5,7-8,11H2,1-2H3. The number of hydrogen-bond acceptors (Lipinski definition) is 4. The van der Waals surface area contributed by atoms with Crippen molar-refractivity contribution >= 4 is 17.5 Å². The monoisotopic (exact) mass is 348 g/mol. The summed E-state index contributed by atoms with van der Waals surface area (Å²) in [6, 6.07) is 3.61. The zero-order chi connectivity index (χ0) is 17.1. The fraction of sp³-hybridized carbons (Fsp3) is 0.471. The molecule has 1 aliphatic rings. The van der Waals surface area contributed by atoms with Crippen LogP contribution in [0.15, 0.2) is 24.5 Å². The Morgan fingerprint density at radius 3 is 2.79 bits per heavy atom. The molecule has 0 bridgehead atoms. The van der Waals surface area contributed by atoms with Crippen molar-refractivity contribution in [3.63, 3.8) is 0 Å². The van der Waals surface area contributed by atoms with Gasteiger partial charge in [-0.1, -0.05) is 11.6 Å². The highest BCUT2D eigenvalue weighted by Crippen LogP contribution is 2.25. The van der Waals surface area contributed by atoms with Crippen LogP contribution >= 0.6 is 11.6 Å². The van der Waals surface area contributed by atoms with Gasteiger partial charge in [0, 0.05) is 38.6 Å². The SMILES string of the molecule is Cc1cc(C(=O)N2CCC(COc3ccncc3Cl)CC2)n(C)n1. The number of amides is 1. The largest absolute Gasteiger partial charge is 0.492 e. The predicted octanol–water partition coefficient (Wildman–Crippen LogP) is 2.71. The second kappa shape index (κ2) is 7.21. The van der Waals surface area contributed by atoms with E-state index >= 15 is 0 Å². The lowest BCUT2D eigenvalue weighted by atomic mass is 9.97. The first-order chi connectivity index (χ1) is 11.5. The van der Waals surface area contributed by atoms with E-state index in [0.717, 1.165) is 31.6 Å². The zero-order valence-electron chi connectivity index (χ0n) is 13.9. The lowest BCUT2D eigenvalue weighted by Gasteiger charge is -2.31. The number of pyridine rings is 1. The maximum atomic E-state index is 12.6. The molecule has 2 aromatic rings. The zero-order valence-corrected chi connectivity index (χ0v) is 14.7. The molecule has 0 aliphatic carbocycles. The van der Waals surface area contributed by atoms with Crippen molar-refractivity contribution in [1.82, 2.24) is 19.7 Å². The average Bonchev–Trinajstić information content (AvgIpc) is 2.92. The summed E-state index contributed by atoms with van der Waals surface area (Å²) in [6.45, 7) is 3.98. The van der Waals surface area contributed by atoms with Gasteiger partial charge in [0.1, 0.15) is 16.5 Å². The molecule has 0 saturated carbocycles. The number of ether oxygens (including phenoxy) is 1. The van der Waals surface area contributed by atoms with Gasteiger partial charge in [0.05, 0.1) is 12.3 Å². The lowest BCUT2D eigenvalue weighted by Crippen LogP contribution is -2.40. The number of aromatic nitrogens is 3. The normalized spacial score (nSPS) is 15.5. The quantitative estimate of drug-likeness (QED) is 0.852. The molecule has 128 valence electrons. The van der Waals surface area contributed by atoms with Crippen LogP contribution in [0.4, 0.5) is 0 Å². The Kier molecular flexibility index (Phi) is 5.04. The first-order valence-electron chi connectivity index (χ1n) is 8.07. The van der Waals surface area contributed by atoms with E-state index in [1.165, 1.54) is 0 Å². The number of likely N-dealkylation sites (tertiary alicyclic amines) is 1. The highest BCUT2D eigenvalue weighted by atomic mass is 35.5. The highest BCUT2D eigenvalue weighted by molar-refractivity contribution is 6.31. The number of carbonyl (C=O) groups is 1. The molecule has 0 radical (unpaired) electrons. The van der Waals surface area contributed by atoms with Crippen molar-refractivity contribution in [2.24, 2.45) is 13.0 Å². The van der Waals surface area contributed by atoms with E-state index in [0.29, 0.717) is 29.0 Å². The molecular formula is C17H21ClN4O2. The summed E-state index contributed by atoms with van der Waals surface area (Å²) in [7, 11) is 1.80. The van der Waals surface area contributed by atoms with E-state index in [1.807, 2.05) is 17.9 Å². The van der Waals surface area contributed by atoms with E-state index in [-0.39, 0.29) is 5.91 Å². The van der Waals surface area contributed by atoms with Crippen LogP contribution in [-0.4, -0.2) is 45.3 Å². The molecule has 6 nitrogen and oxygen atoms in total. The molecule has 1 saturated heterocycles. The number of nitrogens with zero attached hydrogens (tertiary/aromatic N) is 4. The smallest absolute Gasteiger partial charge is 0.272 e. The molecule has 0 unspecified atom stereocenters. The Balaban J connectivity index is 1.51. The minimum atomic E-state index is 0.0506. The lowest BCUT2D eigenvalue weighted by molar-refractivity contribution is 0.0650. The molecule has 7 heteroatoms. The van der Waals surface area contributed by atoms with Crippen LogP contribution in [0.1, 0.15) is 29.0 Å². The van der Waals surface area contributed by atoms with Crippen molar-refractivity contribution in [2.45, 2.75) is 19.8 Å². The Labute approximate surface area is 146 Å². The van der Waals surface area contributed by atoms with Crippen molar-refractivity contribution in [2.75, 3.05) is 19.7 Å². The molecule has 2 aromatic heterocycles. The van der Waals surface area contributed by atoms with Gasteiger partial charge in [0.25, 0.3) is 5.91 Å². The first-order valence-corrected chi connectivity index (χ1v) is 8.44. The summed E-state index contributed by atoms with van der Waals surface area (Å²) in [4.78, 5) is 18.4. The van der Waals surface area contributed by atoms with Gasteiger partial charge in [-0.25, -0.2) is 0 Å². The maximum absolute atomic E-state index is 12.6. The molecule has 24 heavy (non-hydrogen) atoms. The number of aryl methyl sites for hydroxylation is 2. The van der Waals surface area contributed by atoms with Crippen LogP contribution in [0, 0.1) is 12.8 Å². The van der Waals surface area contributed by atoms with Crippen molar-refractivity contribution in [3.05, 3.63) is 40.9 Å². The third-order valence-electron chi connectivity index (χ3n) is 4.33. The van der Waals surface area contributed by atoms with Gasteiger partial charge in [0.2, 0.25) is 0 Å². The summed E-state index contributed by atoms with van der Waals surface area (Å²) in [5.74, 6) is 1.14. The van der Waals surface area contributed by atoms with Crippen LogP contribution < -0.4 is 4.74 Å². The molecule has 1 aliphatic heterocycles. The summed E-state index contributed by atoms with van der Waals surface area (Å²) < 4.78 is 7.44. The third kappa shape index (κ3) is 3.70. The van der Waals surface area contributed by atoms with Crippen molar-refractivity contribution in [3.8, 4) is 5.75 Å². The van der Waals surface area contributed by atoms with Crippen molar-refractivity contribution < 1.29 is 9.53 Å². The van der Waals surface area contributed by atoms with Crippen LogP contribution in [0.2, 0.25) is 5.02 Å². The summed E-state index contributed by atoms with van der Waals surface area (Å²) in [5, 5.41) is 4.77. The van der Waals surface area contributed by atoms with Crippen LogP contribution in [0.5, 0.6) is 5.75 Å². The Bertz CT molecular complexity index is 723. The first kappa shape index (κ1) is 16.8. The predicted molar refractivity (Wildman–Crippen MR) is 91.3 cm³/mol. The van der Waals surface area contributed by atoms with E-state index in [9.17, 15) is 4.79 Å². The second-order valence-corrected chi connectivity index (χ2v) is 6.55. The summed E-state index contributed by atoms with van der Waals surface area (Å²) >= 11 is 6.04. The Morgan fingerprint density at radius 2 is 2.17 bits per heavy atom. The molecule has 0 atom stereocenters. The van der Waals surface area contributed by atoms with Gasteiger partial charge < -0.3 is 9.64 Å². The minimum Gasteiger partial charge on any atom is -0.492 e. The molecule has 0 N–H and O–H groups in total. The van der Waals surface area contributed by atoms with Gasteiger partial charge in [0.15, 0.2) is 0 Å². The molecule has 0 spiro atoms. The highest BCUT2D eigenvalue weighted by Gasteiger charge is 2.26. The van der Waals surface area contributed by atoms with E-state index in [2.05, 4.69) is 10.1 Å². The van der Waals surface area contributed by atoms with Gasteiger partial charge in [-0.15, -0.1) is 0 Å². The molecule has 3 heterocycles. The number of carbonyl (C=O) groups excluding carboxylic acids is 1. The van der Waals surface area contributed by atoms with E-state index in [1.54, 1.807) is 30.2 Å². The fourth-order valence-corrected chi connectivity index (χ4v) is 3.14. The number of halogens is 1. The maximum Gasteiger partial charge on any atom is 0.272 e. The summed E-state index contributed by atoms with van der Waals surface area (Å²) in [5.41, 5.74) is 1.50. The Hall–Kier alpha value is -2.08. The molecule has 0 aromatic carbocycles. The number of rotatable bonds is 4. The van der Waals surface area contributed by atoms with E-state index < -0.39 is 0 Å². The molecular weight excluding hydrogens is 328 g/mol. The van der Waals surface area contributed by atoms with Crippen LogP contribution in [0.3, 0.4) is 0 Å². The van der Waals surface area contributed by atoms with Crippen LogP contribution in [-0.2, 0) is 7.05 Å². The second-order valence-electron chi connectivity index (χ2n) is 6.15. The third-order valence-corrected chi connectivity index (χ3v) is 4.62. The number of piperidine rings is 1. The fourth-order valence-electron chi connectivity index (χ4n) is 2.96.